The van der Waals surface area contributed by atoms with Crippen molar-refractivity contribution in [2.45, 2.75) is 25.9 Å². The number of halogens is 3. The van der Waals surface area contributed by atoms with Crippen molar-refractivity contribution in [3.8, 4) is 0 Å². The lowest BCUT2D eigenvalue weighted by Crippen LogP contribution is -2.42. The van der Waals surface area contributed by atoms with E-state index in [1.54, 1.807) is 0 Å². The molecule has 0 bridgehead atoms. The van der Waals surface area contributed by atoms with Crippen LogP contribution in [0.15, 0.2) is 42.5 Å². The SMILES string of the molecule is O=C(NCc1ccc(Cl)cc1)C1CCCN(Cc2ccc(Cl)c(Cl)c2)C1. The largest absolute Gasteiger partial charge is 0.352 e. The molecule has 0 aliphatic carbocycles. The highest BCUT2D eigenvalue weighted by atomic mass is 35.5. The Balaban J connectivity index is 1.52. The van der Waals surface area contributed by atoms with Gasteiger partial charge in [-0.1, -0.05) is 53.0 Å². The van der Waals surface area contributed by atoms with Crippen LogP contribution in [-0.2, 0) is 17.9 Å². The zero-order chi connectivity index (χ0) is 18.5. The molecule has 1 aliphatic rings. The van der Waals surface area contributed by atoms with E-state index >= 15 is 0 Å². The summed E-state index contributed by atoms with van der Waals surface area (Å²) in [6.07, 6.45) is 1.94. The Labute approximate surface area is 169 Å². The minimum Gasteiger partial charge on any atom is -0.352 e. The van der Waals surface area contributed by atoms with Gasteiger partial charge in [0.1, 0.15) is 0 Å². The van der Waals surface area contributed by atoms with Gasteiger partial charge in [-0.3, -0.25) is 9.69 Å². The number of piperidine rings is 1. The molecule has 6 heteroatoms. The summed E-state index contributed by atoms with van der Waals surface area (Å²) in [5.41, 5.74) is 2.16. The first-order valence-electron chi connectivity index (χ1n) is 8.69. The minimum atomic E-state index is 0.0128. The maximum Gasteiger partial charge on any atom is 0.224 e. The molecule has 1 aliphatic heterocycles. The minimum absolute atomic E-state index is 0.0128. The molecule has 0 spiro atoms. The summed E-state index contributed by atoms with van der Waals surface area (Å²) in [6.45, 7) is 3.05. The molecule has 1 N–H and O–H groups in total. The molecule has 1 atom stereocenters. The molecule has 138 valence electrons. The van der Waals surface area contributed by atoms with Gasteiger partial charge in [0.15, 0.2) is 0 Å². The molecular weight excluding hydrogens is 391 g/mol. The average Bonchev–Trinajstić information content (AvgIpc) is 2.64. The second kappa shape index (κ2) is 9.09. The van der Waals surface area contributed by atoms with Gasteiger partial charge in [0.05, 0.1) is 16.0 Å². The third-order valence-corrected chi connectivity index (χ3v) is 5.64. The lowest BCUT2D eigenvalue weighted by Gasteiger charge is -2.32. The van der Waals surface area contributed by atoms with Gasteiger partial charge in [0, 0.05) is 24.7 Å². The van der Waals surface area contributed by atoms with Crippen molar-refractivity contribution in [2.75, 3.05) is 13.1 Å². The van der Waals surface area contributed by atoms with Crippen LogP contribution in [-0.4, -0.2) is 23.9 Å². The molecule has 2 aromatic rings. The Morgan fingerprint density at radius 3 is 2.50 bits per heavy atom. The number of rotatable bonds is 5. The fourth-order valence-corrected chi connectivity index (χ4v) is 3.69. The van der Waals surface area contributed by atoms with E-state index in [9.17, 15) is 4.79 Å². The van der Waals surface area contributed by atoms with Crippen LogP contribution in [0.25, 0.3) is 0 Å². The quantitative estimate of drug-likeness (QED) is 0.735. The van der Waals surface area contributed by atoms with Gasteiger partial charge in [0.25, 0.3) is 0 Å². The summed E-state index contributed by atoms with van der Waals surface area (Å²) in [5, 5.41) is 4.87. The summed E-state index contributed by atoms with van der Waals surface area (Å²) in [7, 11) is 0. The maximum absolute atomic E-state index is 12.5. The number of carbonyl (C=O) groups is 1. The number of hydrogen-bond donors (Lipinski definition) is 1. The summed E-state index contributed by atoms with van der Waals surface area (Å²) >= 11 is 18.0. The molecule has 1 saturated heterocycles. The number of amides is 1. The van der Waals surface area contributed by atoms with Crippen LogP contribution in [0, 0.1) is 5.92 Å². The highest BCUT2D eigenvalue weighted by molar-refractivity contribution is 6.42. The molecular formula is C20H21Cl3N2O. The number of likely N-dealkylation sites (tertiary alicyclic amines) is 1. The van der Waals surface area contributed by atoms with E-state index in [2.05, 4.69) is 10.2 Å². The summed E-state index contributed by atoms with van der Waals surface area (Å²) in [6, 6.07) is 13.2. The number of hydrogen-bond acceptors (Lipinski definition) is 2. The second-order valence-corrected chi connectivity index (χ2v) is 7.92. The molecule has 1 unspecified atom stereocenters. The van der Waals surface area contributed by atoms with E-state index in [-0.39, 0.29) is 11.8 Å². The van der Waals surface area contributed by atoms with E-state index in [0.29, 0.717) is 21.6 Å². The summed E-state index contributed by atoms with van der Waals surface area (Å²) < 4.78 is 0. The lowest BCUT2D eigenvalue weighted by molar-refractivity contribution is -0.126. The molecule has 1 fully saturated rings. The Hall–Kier alpha value is -1.26. The van der Waals surface area contributed by atoms with Gasteiger partial charge in [-0.05, 0) is 54.8 Å². The van der Waals surface area contributed by atoms with Gasteiger partial charge in [-0.25, -0.2) is 0 Å². The van der Waals surface area contributed by atoms with E-state index in [0.717, 1.165) is 43.6 Å². The normalized spacial score (nSPS) is 17.9. The fraction of sp³-hybridized carbons (Fsp3) is 0.350. The van der Waals surface area contributed by atoms with E-state index in [1.165, 1.54) is 0 Å². The predicted molar refractivity (Wildman–Crippen MR) is 108 cm³/mol. The average molecular weight is 412 g/mol. The molecule has 0 radical (unpaired) electrons. The molecule has 0 saturated carbocycles. The smallest absolute Gasteiger partial charge is 0.224 e. The van der Waals surface area contributed by atoms with E-state index in [4.69, 9.17) is 34.8 Å². The predicted octanol–water partition coefficient (Wildman–Crippen LogP) is 5.18. The number of nitrogens with zero attached hydrogens (tertiary/aromatic N) is 1. The molecule has 26 heavy (non-hydrogen) atoms. The molecule has 0 aromatic heterocycles. The van der Waals surface area contributed by atoms with E-state index in [1.807, 2.05) is 42.5 Å². The first-order valence-corrected chi connectivity index (χ1v) is 9.83. The van der Waals surface area contributed by atoms with Crippen molar-refractivity contribution >= 4 is 40.7 Å². The van der Waals surface area contributed by atoms with Gasteiger partial charge < -0.3 is 5.32 Å². The van der Waals surface area contributed by atoms with Crippen LogP contribution >= 0.6 is 34.8 Å². The first-order chi connectivity index (χ1) is 12.5. The first kappa shape index (κ1) is 19.5. The van der Waals surface area contributed by atoms with Crippen molar-refractivity contribution in [2.24, 2.45) is 5.92 Å². The summed E-state index contributed by atoms with van der Waals surface area (Å²) in [5.74, 6) is 0.123. The lowest BCUT2D eigenvalue weighted by atomic mass is 9.96. The zero-order valence-corrected chi connectivity index (χ0v) is 16.6. The van der Waals surface area contributed by atoms with Crippen LogP contribution in [0.5, 0.6) is 0 Å². The topological polar surface area (TPSA) is 32.3 Å². The second-order valence-electron chi connectivity index (χ2n) is 6.67. The van der Waals surface area contributed by atoms with Crippen molar-refractivity contribution in [3.63, 3.8) is 0 Å². The van der Waals surface area contributed by atoms with Crippen LogP contribution in [0.4, 0.5) is 0 Å². The van der Waals surface area contributed by atoms with E-state index < -0.39 is 0 Å². The Bertz CT molecular complexity index is 764. The Morgan fingerprint density at radius 1 is 1.04 bits per heavy atom. The Kier molecular flexibility index (Phi) is 6.82. The molecule has 3 nitrogen and oxygen atoms in total. The zero-order valence-electron chi connectivity index (χ0n) is 14.4. The third kappa shape index (κ3) is 5.37. The van der Waals surface area contributed by atoms with Crippen LogP contribution in [0.1, 0.15) is 24.0 Å². The van der Waals surface area contributed by atoms with Crippen LogP contribution in [0.3, 0.4) is 0 Å². The third-order valence-electron chi connectivity index (χ3n) is 4.65. The van der Waals surface area contributed by atoms with Gasteiger partial charge >= 0.3 is 0 Å². The fourth-order valence-electron chi connectivity index (χ4n) is 3.25. The standard InChI is InChI=1S/C20H21Cl3N2O/c21-17-6-3-14(4-7-17)11-24-20(26)16-2-1-9-25(13-16)12-15-5-8-18(22)19(23)10-15/h3-8,10,16H,1-2,9,11-13H2,(H,24,26). The van der Waals surface area contributed by atoms with Crippen molar-refractivity contribution in [1.82, 2.24) is 10.2 Å². The maximum atomic E-state index is 12.5. The van der Waals surface area contributed by atoms with Gasteiger partial charge in [-0.15, -0.1) is 0 Å². The number of nitrogens with one attached hydrogen (secondary N) is 1. The van der Waals surface area contributed by atoms with Crippen molar-refractivity contribution in [3.05, 3.63) is 68.7 Å². The summed E-state index contributed by atoms with van der Waals surface area (Å²) in [4.78, 5) is 14.8. The van der Waals surface area contributed by atoms with Crippen LogP contribution in [0.2, 0.25) is 15.1 Å². The molecule has 1 heterocycles. The highest BCUT2D eigenvalue weighted by Gasteiger charge is 2.25. The Morgan fingerprint density at radius 2 is 1.77 bits per heavy atom. The molecule has 3 rings (SSSR count). The van der Waals surface area contributed by atoms with Gasteiger partial charge in [0.2, 0.25) is 5.91 Å². The monoisotopic (exact) mass is 410 g/mol. The molecule has 2 aromatic carbocycles. The van der Waals surface area contributed by atoms with Gasteiger partial charge in [-0.2, -0.15) is 0 Å². The number of benzene rings is 2. The van der Waals surface area contributed by atoms with Crippen LogP contribution < -0.4 is 5.32 Å². The number of carbonyl (C=O) groups excluding carboxylic acids is 1. The van der Waals surface area contributed by atoms with Crippen molar-refractivity contribution < 1.29 is 4.79 Å². The highest BCUT2D eigenvalue weighted by Crippen LogP contribution is 2.25. The van der Waals surface area contributed by atoms with Crippen molar-refractivity contribution in [1.29, 1.82) is 0 Å². The molecule has 1 amide bonds.